The van der Waals surface area contributed by atoms with Crippen molar-refractivity contribution >= 4 is 39.3 Å². The molecule has 2 heterocycles. The van der Waals surface area contributed by atoms with Crippen LogP contribution in [0.1, 0.15) is 52.9 Å². The Bertz CT molecular complexity index is 911. The molecule has 0 bridgehead atoms. The number of carbonyl (C=O) groups is 2. The number of nitrogens with one attached hydrogen (secondary N) is 1. The second-order valence-corrected chi connectivity index (χ2v) is 12.0. The fourth-order valence-corrected chi connectivity index (χ4v) is 6.45. The van der Waals surface area contributed by atoms with E-state index in [-0.39, 0.29) is 28.5 Å². The molecule has 1 aromatic rings. The van der Waals surface area contributed by atoms with Gasteiger partial charge in [-0.05, 0) is 43.4 Å². The molecule has 0 aromatic heterocycles. The van der Waals surface area contributed by atoms with Gasteiger partial charge in [-0.2, -0.15) is 4.31 Å². The zero-order valence-electron chi connectivity index (χ0n) is 18.6. The number of benzene rings is 1. The molecule has 1 atom stereocenters. The van der Waals surface area contributed by atoms with E-state index >= 15 is 0 Å². The predicted molar refractivity (Wildman–Crippen MR) is 124 cm³/mol. The second kappa shape index (κ2) is 10.4. The van der Waals surface area contributed by atoms with Crippen molar-refractivity contribution in [3.05, 3.63) is 18.2 Å². The summed E-state index contributed by atoms with van der Waals surface area (Å²) in [7, 11) is -3.65. The van der Waals surface area contributed by atoms with E-state index in [9.17, 15) is 18.0 Å². The average molecular weight is 468 g/mol. The Hall–Kier alpha value is -1.58. The van der Waals surface area contributed by atoms with E-state index in [1.165, 1.54) is 9.21 Å². The van der Waals surface area contributed by atoms with Crippen molar-refractivity contribution in [3.63, 3.8) is 0 Å². The van der Waals surface area contributed by atoms with Crippen LogP contribution in [0.25, 0.3) is 0 Å². The highest BCUT2D eigenvalue weighted by molar-refractivity contribution is 8.00. The number of hydrogen-bond donors (Lipinski definition) is 1. The van der Waals surface area contributed by atoms with Crippen LogP contribution in [0.4, 0.5) is 5.69 Å². The molecule has 1 N–H and O–H groups in total. The maximum absolute atomic E-state index is 13.3. The van der Waals surface area contributed by atoms with Crippen LogP contribution in [-0.4, -0.2) is 56.0 Å². The number of amides is 2. The number of nitrogens with zero attached hydrogens (tertiary/aromatic N) is 2. The first-order valence-electron chi connectivity index (χ1n) is 11.1. The third-order valence-corrected chi connectivity index (χ3v) is 8.91. The van der Waals surface area contributed by atoms with E-state index in [0.717, 1.165) is 30.6 Å². The topological polar surface area (TPSA) is 86.8 Å². The monoisotopic (exact) mass is 467 g/mol. The number of thioether (sulfide) groups is 1. The first-order valence-corrected chi connectivity index (χ1v) is 13.4. The summed E-state index contributed by atoms with van der Waals surface area (Å²) in [5, 5.41) is 2.90. The zero-order chi connectivity index (χ0) is 22.6. The second-order valence-electron chi connectivity index (χ2n) is 8.53. The van der Waals surface area contributed by atoms with E-state index in [2.05, 4.69) is 12.2 Å². The Morgan fingerprint density at radius 3 is 2.61 bits per heavy atom. The van der Waals surface area contributed by atoms with Gasteiger partial charge >= 0.3 is 0 Å². The molecule has 2 aliphatic rings. The number of rotatable bonds is 7. The molecule has 0 saturated carbocycles. The normalized spacial score (nSPS) is 20.9. The van der Waals surface area contributed by atoms with Crippen LogP contribution in [0, 0.1) is 5.92 Å². The molecule has 172 valence electrons. The Kier molecular flexibility index (Phi) is 8.04. The maximum atomic E-state index is 13.3. The Morgan fingerprint density at radius 1 is 1.23 bits per heavy atom. The van der Waals surface area contributed by atoms with E-state index in [1.807, 2.05) is 13.8 Å². The summed E-state index contributed by atoms with van der Waals surface area (Å²) in [6.45, 7) is 7.63. The predicted octanol–water partition coefficient (Wildman–Crippen LogP) is 3.24. The molecule has 9 heteroatoms. The number of fused-ring (bicyclic) bond motifs is 1. The first kappa shape index (κ1) is 24.1. The van der Waals surface area contributed by atoms with Crippen molar-refractivity contribution in [2.75, 3.05) is 31.1 Å². The number of sulfonamides is 1. The summed E-state index contributed by atoms with van der Waals surface area (Å²) in [5.74, 6) is 0.132. The smallest absolute Gasteiger partial charge is 0.243 e. The van der Waals surface area contributed by atoms with Gasteiger partial charge in [0.05, 0.1) is 10.6 Å². The van der Waals surface area contributed by atoms with Gasteiger partial charge in [-0.25, -0.2) is 8.42 Å². The maximum Gasteiger partial charge on any atom is 0.243 e. The van der Waals surface area contributed by atoms with Gasteiger partial charge in [0.15, 0.2) is 0 Å². The molecule has 3 rings (SSSR count). The average Bonchev–Trinajstić information content (AvgIpc) is 2.83. The lowest BCUT2D eigenvalue weighted by Crippen LogP contribution is -2.41. The minimum absolute atomic E-state index is 0.0467. The summed E-state index contributed by atoms with van der Waals surface area (Å²) in [6, 6.07) is 4.97. The molecule has 1 aromatic carbocycles. The SMILES string of the molecule is CCCCNC(=O)CN1C(=O)CC(C)Sc2ccc(S(=O)(=O)N3CCC(C)CC3)cc21. The van der Waals surface area contributed by atoms with Crippen LogP contribution in [0.15, 0.2) is 28.0 Å². The summed E-state index contributed by atoms with van der Waals surface area (Å²) in [4.78, 5) is 27.8. The summed E-state index contributed by atoms with van der Waals surface area (Å²) < 4.78 is 28.0. The van der Waals surface area contributed by atoms with Gasteiger partial charge in [0.25, 0.3) is 0 Å². The molecule has 0 aliphatic carbocycles. The van der Waals surface area contributed by atoms with Crippen molar-refractivity contribution in [1.82, 2.24) is 9.62 Å². The lowest BCUT2D eigenvalue weighted by atomic mass is 10.0. The quantitative estimate of drug-likeness (QED) is 0.622. The van der Waals surface area contributed by atoms with Gasteiger partial charge in [0.2, 0.25) is 21.8 Å². The third kappa shape index (κ3) is 5.81. The number of anilines is 1. The highest BCUT2D eigenvalue weighted by Crippen LogP contribution is 2.39. The van der Waals surface area contributed by atoms with Gasteiger partial charge in [0.1, 0.15) is 6.54 Å². The summed E-state index contributed by atoms with van der Waals surface area (Å²) in [6.07, 6.45) is 3.84. The van der Waals surface area contributed by atoms with E-state index in [0.29, 0.717) is 37.7 Å². The lowest BCUT2D eigenvalue weighted by Gasteiger charge is -2.30. The summed E-state index contributed by atoms with van der Waals surface area (Å²) >= 11 is 1.54. The van der Waals surface area contributed by atoms with Gasteiger partial charge in [-0.15, -0.1) is 11.8 Å². The van der Waals surface area contributed by atoms with Crippen molar-refractivity contribution in [3.8, 4) is 0 Å². The third-order valence-electron chi connectivity index (χ3n) is 5.85. The van der Waals surface area contributed by atoms with Crippen molar-refractivity contribution in [2.45, 2.75) is 67.9 Å². The molecule has 1 unspecified atom stereocenters. The molecule has 0 spiro atoms. The molecule has 31 heavy (non-hydrogen) atoms. The van der Waals surface area contributed by atoms with E-state index in [1.54, 1.807) is 30.0 Å². The molecule has 7 nitrogen and oxygen atoms in total. The van der Waals surface area contributed by atoms with Crippen molar-refractivity contribution in [2.24, 2.45) is 5.92 Å². The minimum atomic E-state index is -3.65. The molecular weight excluding hydrogens is 434 g/mol. The van der Waals surface area contributed by atoms with Crippen LogP contribution in [-0.2, 0) is 19.6 Å². The molecule has 0 radical (unpaired) electrons. The Morgan fingerprint density at radius 2 is 1.94 bits per heavy atom. The number of unbranched alkanes of at least 4 members (excludes halogenated alkanes) is 1. The molecule has 1 fully saturated rings. The van der Waals surface area contributed by atoms with Crippen molar-refractivity contribution < 1.29 is 18.0 Å². The van der Waals surface area contributed by atoms with Gasteiger partial charge < -0.3 is 10.2 Å². The molecule has 2 amide bonds. The van der Waals surface area contributed by atoms with Gasteiger partial charge in [-0.3, -0.25) is 9.59 Å². The lowest BCUT2D eigenvalue weighted by molar-refractivity contribution is -0.123. The van der Waals surface area contributed by atoms with Crippen LogP contribution in [0.5, 0.6) is 0 Å². The van der Waals surface area contributed by atoms with Crippen molar-refractivity contribution in [1.29, 1.82) is 0 Å². The molecular formula is C22H33N3O4S2. The van der Waals surface area contributed by atoms with E-state index in [4.69, 9.17) is 0 Å². The van der Waals surface area contributed by atoms with Gasteiger partial charge in [-0.1, -0.05) is 27.2 Å². The van der Waals surface area contributed by atoms with Crippen LogP contribution < -0.4 is 10.2 Å². The fourth-order valence-electron chi connectivity index (χ4n) is 3.87. The zero-order valence-corrected chi connectivity index (χ0v) is 20.2. The largest absolute Gasteiger partial charge is 0.355 e. The number of piperidine rings is 1. The molecule has 2 aliphatic heterocycles. The Balaban J connectivity index is 1.90. The highest BCUT2D eigenvalue weighted by Gasteiger charge is 2.32. The van der Waals surface area contributed by atoms with Crippen LogP contribution in [0.2, 0.25) is 0 Å². The van der Waals surface area contributed by atoms with Crippen LogP contribution >= 0.6 is 11.8 Å². The minimum Gasteiger partial charge on any atom is -0.355 e. The van der Waals surface area contributed by atoms with Crippen LogP contribution in [0.3, 0.4) is 0 Å². The van der Waals surface area contributed by atoms with Gasteiger partial charge in [0, 0.05) is 36.2 Å². The highest BCUT2D eigenvalue weighted by atomic mass is 32.2. The fraction of sp³-hybridized carbons (Fsp3) is 0.636. The standard InChI is InChI=1S/C22H33N3O4S2/c1-4-5-10-23-21(26)15-25-19-14-18(6-7-20(19)30-17(3)13-22(25)27)31(28,29)24-11-8-16(2)9-12-24/h6-7,14,16-17H,4-5,8-13,15H2,1-3H3,(H,23,26). The Labute approximate surface area is 190 Å². The number of hydrogen-bond acceptors (Lipinski definition) is 5. The van der Waals surface area contributed by atoms with E-state index < -0.39 is 10.0 Å². The summed E-state index contributed by atoms with van der Waals surface area (Å²) in [5.41, 5.74) is 0.511. The number of carbonyl (C=O) groups excluding carboxylic acids is 2. The first-order chi connectivity index (χ1) is 14.7. The molecule has 1 saturated heterocycles.